The number of hydrogen-bond donors (Lipinski definition) is 1. The molecule has 0 saturated carbocycles. The summed E-state index contributed by atoms with van der Waals surface area (Å²) < 4.78 is 18.7. The molecule has 0 bridgehead atoms. The molecule has 0 aliphatic rings. The number of rotatable bonds is 3. The maximum Gasteiger partial charge on any atom is 0.287 e. The molecule has 4 aromatic rings. The number of carbonyl (C=O) groups excluding carboxylic acids is 1. The van der Waals surface area contributed by atoms with Crippen LogP contribution in [0.1, 0.15) is 29.1 Å². The van der Waals surface area contributed by atoms with E-state index in [1.807, 2.05) is 43.3 Å². The van der Waals surface area contributed by atoms with Crippen LogP contribution in [-0.4, -0.2) is 5.91 Å². The third-order valence-corrected chi connectivity index (χ3v) is 4.37. The fourth-order valence-electron chi connectivity index (χ4n) is 3.01. The summed E-state index contributed by atoms with van der Waals surface area (Å²) >= 11 is 0. The van der Waals surface area contributed by atoms with Crippen molar-refractivity contribution in [3.63, 3.8) is 0 Å². The Labute approximate surface area is 144 Å². The van der Waals surface area contributed by atoms with Gasteiger partial charge in [0.25, 0.3) is 5.91 Å². The second kappa shape index (κ2) is 6.06. The first-order chi connectivity index (χ1) is 12.1. The van der Waals surface area contributed by atoms with Crippen molar-refractivity contribution in [2.75, 3.05) is 0 Å². The normalized spacial score (nSPS) is 12.4. The lowest BCUT2D eigenvalue weighted by atomic mass is 10.1. The van der Waals surface area contributed by atoms with Crippen molar-refractivity contribution in [3.8, 4) is 0 Å². The maximum atomic E-state index is 13.0. The maximum absolute atomic E-state index is 13.0. The van der Waals surface area contributed by atoms with Crippen LogP contribution in [0.5, 0.6) is 0 Å². The van der Waals surface area contributed by atoms with Crippen LogP contribution in [0.15, 0.2) is 71.1 Å². The molecule has 25 heavy (non-hydrogen) atoms. The molecule has 4 rings (SSSR count). The highest BCUT2D eigenvalue weighted by Crippen LogP contribution is 2.28. The van der Waals surface area contributed by atoms with E-state index in [9.17, 15) is 9.18 Å². The Morgan fingerprint density at radius 1 is 1.00 bits per heavy atom. The van der Waals surface area contributed by atoms with Crippen molar-refractivity contribution in [1.82, 2.24) is 5.32 Å². The lowest BCUT2D eigenvalue weighted by Gasteiger charge is -2.13. The zero-order chi connectivity index (χ0) is 17.4. The summed E-state index contributed by atoms with van der Waals surface area (Å²) in [5.41, 5.74) is 1.51. The summed E-state index contributed by atoms with van der Waals surface area (Å²) in [5.74, 6) is -0.330. The molecular formula is C21H16FNO2. The standard InChI is InChI=1S/C21H16FNO2/c1-13(14-6-9-16(22)10-7-14)23-21(24)20-12-18-17-5-3-2-4-15(17)8-11-19(18)25-20/h2-13H,1H3,(H,23,24). The number of amides is 1. The van der Waals surface area contributed by atoms with E-state index in [2.05, 4.69) is 5.32 Å². The summed E-state index contributed by atoms with van der Waals surface area (Å²) in [6.45, 7) is 1.85. The van der Waals surface area contributed by atoms with E-state index in [4.69, 9.17) is 4.42 Å². The molecule has 1 N–H and O–H groups in total. The van der Waals surface area contributed by atoms with Gasteiger partial charge >= 0.3 is 0 Å². The van der Waals surface area contributed by atoms with Crippen LogP contribution in [0.4, 0.5) is 4.39 Å². The first-order valence-corrected chi connectivity index (χ1v) is 8.09. The Balaban J connectivity index is 1.63. The van der Waals surface area contributed by atoms with Crippen molar-refractivity contribution in [2.45, 2.75) is 13.0 Å². The number of fused-ring (bicyclic) bond motifs is 3. The van der Waals surface area contributed by atoms with E-state index < -0.39 is 0 Å². The second-order valence-electron chi connectivity index (χ2n) is 6.06. The lowest BCUT2D eigenvalue weighted by Crippen LogP contribution is -2.26. The van der Waals surface area contributed by atoms with Gasteiger partial charge in [-0.3, -0.25) is 4.79 Å². The first kappa shape index (κ1) is 15.4. The topological polar surface area (TPSA) is 42.2 Å². The number of benzene rings is 3. The number of halogens is 1. The van der Waals surface area contributed by atoms with Gasteiger partial charge in [-0.1, -0.05) is 42.5 Å². The molecule has 1 heterocycles. The van der Waals surface area contributed by atoms with Gasteiger partial charge in [-0.15, -0.1) is 0 Å². The van der Waals surface area contributed by atoms with Gasteiger partial charge in [0.05, 0.1) is 6.04 Å². The molecule has 1 aromatic heterocycles. The summed E-state index contributed by atoms with van der Waals surface area (Å²) in [7, 11) is 0. The van der Waals surface area contributed by atoms with E-state index in [-0.39, 0.29) is 23.5 Å². The quantitative estimate of drug-likeness (QED) is 0.559. The van der Waals surface area contributed by atoms with Crippen LogP contribution in [-0.2, 0) is 0 Å². The van der Waals surface area contributed by atoms with E-state index in [1.54, 1.807) is 18.2 Å². The average molecular weight is 333 g/mol. The predicted octanol–water partition coefficient (Wildman–Crippen LogP) is 5.22. The van der Waals surface area contributed by atoms with Gasteiger partial charge < -0.3 is 9.73 Å². The highest BCUT2D eigenvalue weighted by molar-refractivity contribution is 6.08. The molecule has 124 valence electrons. The third-order valence-electron chi connectivity index (χ3n) is 4.37. The molecule has 0 aliphatic heterocycles. The summed E-state index contributed by atoms with van der Waals surface area (Å²) in [6, 6.07) is 19.4. The summed E-state index contributed by atoms with van der Waals surface area (Å²) in [6.07, 6.45) is 0. The lowest BCUT2D eigenvalue weighted by molar-refractivity contribution is 0.0914. The number of furan rings is 1. The average Bonchev–Trinajstić information content (AvgIpc) is 3.07. The highest BCUT2D eigenvalue weighted by atomic mass is 19.1. The van der Waals surface area contributed by atoms with E-state index in [1.165, 1.54) is 12.1 Å². The Hall–Kier alpha value is -3.14. The molecule has 1 amide bonds. The van der Waals surface area contributed by atoms with Gasteiger partial charge in [-0.05, 0) is 47.5 Å². The first-order valence-electron chi connectivity index (χ1n) is 8.09. The monoisotopic (exact) mass is 333 g/mol. The van der Waals surface area contributed by atoms with Crippen LogP contribution < -0.4 is 5.32 Å². The van der Waals surface area contributed by atoms with Crippen LogP contribution in [0.25, 0.3) is 21.7 Å². The molecule has 3 aromatic carbocycles. The molecule has 0 spiro atoms. The Kier molecular flexibility index (Phi) is 3.73. The van der Waals surface area contributed by atoms with Crippen molar-refractivity contribution in [2.24, 2.45) is 0 Å². The van der Waals surface area contributed by atoms with Gasteiger partial charge in [0.2, 0.25) is 0 Å². The Morgan fingerprint density at radius 2 is 1.76 bits per heavy atom. The Morgan fingerprint density at radius 3 is 2.56 bits per heavy atom. The van der Waals surface area contributed by atoms with Crippen LogP contribution in [0.3, 0.4) is 0 Å². The van der Waals surface area contributed by atoms with Crippen molar-refractivity contribution in [3.05, 3.63) is 83.9 Å². The minimum Gasteiger partial charge on any atom is -0.451 e. The smallest absolute Gasteiger partial charge is 0.287 e. The molecule has 1 atom stereocenters. The number of hydrogen-bond acceptors (Lipinski definition) is 2. The van der Waals surface area contributed by atoms with E-state index in [0.717, 1.165) is 21.7 Å². The van der Waals surface area contributed by atoms with Crippen LogP contribution in [0.2, 0.25) is 0 Å². The fraction of sp³-hybridized carbons (Fsp3) is 0.0952. The zero-order valence-corrected chi connectivity index (χ0v) is 13.6. The summed E-state index contributed by atoms with van der Waals surface area (Å²) in [4.78, 5) is 12.5. The summed E-state index contributed by atoms with van der Waals surface area (Å²) in [5, 5.41) is 5.95. The largest absolute Gasteiger partial charge is 0.451 e. The molecule has 0 fully saturated rings. The number of nitrogens with one attached hydrogen (secondary N) is 1. The minimum atomic E-state index is -0.300. The van der Waals surface area contributed by atoms with Crippen molar-refractivity contribution < 1.29 is 13.6 Å². The van der Waals surface area contributed by atoms with Gasteiger partial charge in [0.1, 0.15) is 11.4 Å². The van der Waals surface area contributed by atoms with Gasteiger partial charge in [-0.25, -0.2) is 4.39 Å². The van der Waals surface area contributed by atoms with E-state index >= 15 is 0 Å². The van der Waals surface area contributed by atoms with Crippen molar-refractivity contribution >= 4 is 27.6 Å². The van der Waals surface area contributed by atoms with Crippen LogP contribution >= 0.6 is 0 Å². The molecule has 3 nitrogen and oxygen atoms in total. The predicted molar refractivity (Wildman–Crippen MR) is 96.0 cm³/mol. The molecule has 0 aliphatic carbocycles. The molecule has 0 saturated heterocycles. The van der Waals surface area contributed by atoms with Gasteiger partial charge in [0.15, 0.2) is 5.76 Å². The van der Waals surface area contributed by atoms with Gasteiger partial charge in [0, 0.05) is 5.39 Å². The minimum absolute atomic E-state index is 0.252. The SMILES string of the molecule is CC(NC(=O)c1cc2c(ccc3ccccc32)o1)c1ccc(F)cc1. The fourth-order valence-corrected chi connectivity index (χ4v) is 3.01. The Bertz CT molecular complexity index is 1070. The van der Waals surface area contributed by atoms with Gasteiger partial charge in [-0.2, -0.15) is 0 Å². The zero-order valence-electron chi connectivity index (χ0n) is 13.6. The van der Waals surface area contributed by atoms with Crippen LogP contribution in [0, 0.1) is 5.82 Å². The van der Waals surface area contributed by atoms with Crippen molar-refractivity contribution in [1.29, 1.82) is 0 Å². The third kappa shape index (κ3) is 2.87. The molecular weight excluding hydrogens is 317 g/mol. The molecule has 0 radical (unpaired) electrons. The molecule has 4 heteroatoms. The van der Waals surface area contributed by atoms with E-state index in [0.29, 0.717) is 5.58 Å². The highest BCUT2D eigenvalue weighted by Gasteiger charge is 2.16. The second-order valence-corrected chi connectivity index (χ2v) is 6.06. The number of carbonyl (C=O) groups is 1. The molecule has 1 unspecified atom stereocenters.